The van der Waals surface area contributed by atoms with Gasteiger partial charge < -0.3 is 10.1 Å². The van der Waals surface area contributed by atoms with E-state index in [0.717, 1.165) is 40.8 Å². The molecule has 0 aromatic heterocycles. The van der Waals surface area contributed by atoms with E-state index in [9.17, 15) is 4.79 Å². The van der Waals surface area contributed by atoms with Gasteiger partial charge in [-0.05, 0) is 41.8 Å². The second-order valence-electron chi connectivity index (χ2n) is 6.72. The van der Waals surface area contributed by atoms with Crippen LogP contribution in [0.4, 0.5) is 0 Å². The quantitative estimate of drug-likeness (QED) is 0.557. The number of ether oxygens (including phenoxy) is 1. The average molecular weight is 432 g/mol. The summed E-state index contributed by atoms with van der Waals surface area (Å²) in [6.07, 6.45) is 2.17. The normalized spacial score (nSPS) is 19.0. The molecule has 1 fully saturated rings. The Labute approximate surface area is 169 Å². The first-order valence-electron chi connectivity index (χ1n) is 9.40. The van der Waals surface area contributed by atoms with Crippen molar-refractivity contribution in [3.63, 3.8) is 0 Å². The molecule has 2 unspecified atom stereocenters. The summed E-state index contributed by atoms with van der Waals surface area (Å²) in [6, 6.07) is 15.9. The predicted octanol–water partition coefficient (Wildman–Crippen LogP) is 3.71. The van der Waals surface area contributed by atoms with Gasteiger partial charge in [0.1, 0.15) is 5.75 Å². The van der Waals surface area contributed by atoms with Crippen LogP contribution in [-0.4, -0.2) is 19.1 Å². The molecule has 144 valence electrons. The number of unbranched alkanes of at least 4 members (excludes halogenated alkanes) is 1. The molecule has 2 atom stereocenters. The van der Waals surface area contributed by atoms with Crippen molar-refractivity contribution >= 4 is 21.8 Å². The number of nitrogens with one attached hydrogen (secondary N) is 3. The third-order valence-corrected chi connectivity index (χ3v) is 5.23. The molecule has 0 spiro atoms. The zero-order valence-electron chi connectivity index (χ0n) is 15.5. The molecule has 6 heteroatoms. The van der Waals surface area contributed by atoms with Gasteiger partial charge in [-0.2, -0.15) is 0 Å². The summed E-state index contributed by atoms with van der Waals surface area (Å²) in [4.78, 5) is 12.7. The first kappa shape index (κ1) is 19.9. The molecule has 1 aliphatic heterocycles. The number of carbonyl (C=O) groups is 1. The lowest BCUT2D eigenvalue weighted by molar-refractivity contribution is -0.125. The van der Waals surface area contributed by atoms with Crippen molar-refractivity contribution in [1.29, 1.82) is 0 Å². The molecule has 1 aliphatic rings. The summed E-state index contributed by atoms with van der Waals surface area (Å²) >= 11 is 3.42. The molecule has 1 heterocycles. The molecule has 2 aromatic rings. The van der Waals surface area contributed by atoms with Crippen LogP contribution in [0.1, 0.15) is 36.9 Å². The summed E-state index contributed by atoms with van der Waals surface area (Å²) in [6.45, 7) is 4.01. The number of amides is 1. The highest BCUT2D eigenvalue weighted by Crippen LogP contribution is 2.27. The molecule has 0 radical (unpaired) electrons. The van der Waals surface area contributed by atoms with Gasteiger partial charge in [0.25, 0.3) is 0 Å². The van der Waals surface area contributed by atoms with Gasteiger partial charge in [0.05, 0.1) is 18.6 Å². The highest BCUT2D eigenvalue weighted by Gasteiger charge is 2.33. The Morgan fingerprint density at radius 3 is 2.63 bits per heavy atom. The molecule has 0 saturated carbocycles. The summed E-state index contributed by atoms with van der Waals surface area (Å²) < 4.78 is 6.75. The minimum Gasteiger partial charge on any atom is -0.494 e. The number of hydrazine groups is 1. The fourth-order valence-electron chi connectivity index (χ4n) is 3.09. The maximum Gasteiger partial charge on any atom is 0.226 e. The molecule has 0 bridgehead atoms. The van der Waals surface area contributed by atoms with Crippen LogP contribution in [0.25, 0.3) is 0 Å². The van der Waals surface area contributed by atoms with E-state index in [-0.39, 0.29) is 17.9 Å². The largest absolute Gasteiger partial charge is 0.494 e. The third kappa shape index (κ3) is 5.54. The maximum absolute atomic E-state index is 12.7. The van der Waals surface area contributed by atoms with Crippen LogP contribution < -0.4 is 20.9 Å². The van der Waals surface area contributed by atoms with Gasteiger partial charge in [-0.1, -0.05) is 53.5 Å². The van der Waals surface area contributed by atoms with Gasteiger partial charge in [-0.3, -0.25) is 10.2 Å². The number of hydrogen-bond donors (Lipinski definition) is 3. The first-order valence-corrected chi connectivity index (χ1v) is 10.2. The average Bonchev–Trinajstić information content (AvgIpc) is 3.18. The fraction of sp³-hybridized carbons (Fsp3) is 0.381. The van der Waals surface area contributed by atoms with E-state index in [2.05, 4.69) is 39.0 Å². The Balaban J connectivity index is 1.57. The number of halogens is 1. The zero-order chi connectivity index (χ0) is 19.1. The molecule has 27 heavy (non-hydrogen) atoms. The first-order chi connectivity index (χ1) is 13.2. The third-order valence-electron chi connectivity index (χ3n) is 4.70. The minimum absolute atomic E-state index is 0.0451. The molecular formula is C21H26BrN3O2. The molecule has 0 aliphatic carbocycles. The molecule has 5 nitrogen and oxygen atoms in total. The molecule has 1 amide bonds. The van der Waals surface area contributed by atoms with Crippen LogP contribution in [0.3, 0.4) is 0 Å². The lowest BCUT2D eigenvalue weighted by atomic mass is 9.94. The predicted molar refractivity (Wildman–Crippen MR) is 110 cm³/mol. The smallest absolute Gasteiger partial charge is 0.226 e. The van der Waals surface area contributed by atoms with Gasteiger partial charge in [0.2, 0.25) is 5.91 Å². The Morgan fingerprint density at radius 2 is 1.93 bits per heavy atom. The summed E-state index contributed by atoms with van der Waals surface area (Å²) in [7, 11) is 0. The molecule has 3 N–H and O–H groups in total. The molecular weight excluding hydrogens is 406 g/mol. The number of hydrogen-bond acceptors (Lipinski definition) is 4. The topological polar surface area (TPSA) is 62.4 Å². The number of rotatable bonds is 8. The van der Waals surface area contributed by atoms with E-state index in [4.69, 9.17) is 4.74 Å². The van der Waals surface area contributed by atoms with Crippen molar-refractivity contribution in [1.82, 2.24) is 16.2 Å². The Kier molecular flexibility index (Phi) is 7.26. The lowest BCUT2D eigenvalue weighted by Crippen LogP contribution is -2.34. The lowest BCUT2D eigenvalue weighted by Gasteiger charge is -2.19. The number of benzene rings is 2. The summed E-state index contributed by atoms with van der Waals surface area (Å²) in [5.41, 5.74) is 8.49. The highest BCUT2D eigenvalue weighted by molar-refractivity contribution is 9.10. The summed E-state index contributed by atoms with van der Waals surface area (Å²) in [5, 5.41) is 3.05. The second kappa shape index (κ2) is 9.88. The van der Waals surface area contributed by atoms with E-state index in [1.165, 1.54) is 0 Å². The number of carbonyl (C=O) groups excluding carboxylic acids is 1. The zero-order valence-corrected chi connectivity index (χ0v) is 17.1. The SMILES string of the molecule is CCCCOc1ccc(C2NNCC2C(=O)NCc2ccc(Br)cc2)cc1. The van der Waals surface area contributed by atoms with Crippen LogP contribution >= 0.6 is 15.9 Å². The van der Waals surface area contributed by atoms with Gasteiger partial charge >= 0.3 is 0 Å². The second-order valence-corrected chi connectivity index (χ2v) is 7.64. The standard InChI is InChI=1S/C21H26BrN3O2/c1-2-3-12-27-18-10-6-16(7-11-18)20-19(14-24-25-20)21(26)23-13-15-4-8-17(22)9-5-15/h4-11,19-20,24-25H,2-3,12-14H2,1H3,(H,23,26). The van der Waals surface area contributed by atoms with Crippen molar-refractivity contribution in [2.75, 3.05) is 13.2 Å². The van der Waals surface area contributed by atoms with Crippen LogP contribution in [-0.2, 0) is 11.3 Å². The fourth-order valence-corrected chi connectivity index (χ4v) is 3.35. The van der Waals surface area contributed by atoms with Crippen LogP contribution in [0, 0.1) is 5.92 Å². The minimum atomic E-state index is -0.160. The summed E-state index contributed by atoms with van der Waals surface area (Å²) in [5.74, 6) is 0.755. The van der Waals surface area contributed by atoms with E-state index in [1.807, 2.05) is 48.5 Å². The van der Waals surface area contributed by atoms with E-state index >= 15 is 0 Å². The molecule has 2 aromatic carbocycles. The van der Waals surface area contributed by atoms with Gasteiger partial charge in [0.15, 0.2) is 0 Å². The van der Waals surface area contributed by atoms with E-state index < -0.39 is 0 Å². The van der Waals surface area contributed by atoms with Crippen molar-refractivity contribution in [3.8, 4) is 5.75 Å². The van der Waals surface area contributed by atoms with E-state index in [0.29, 0.717) is 13.1 Å². The van der Waals surface area contributed by atoms with E-state index in [1.54, 1.807) is 0 Å². The highest BCUT2D eigenvalue weighted by atomic mass is 79.9. The monoisotopic (exact) mass is 431 g/mol. The molecule has 1 saturated heterocycles. The van der Waals surface area contributed by atoms with Gasteiger partial charge in [-0.25, -0.2) is 5.43 Å². The van der Waals surface area contributed by atoms with Gasteiger partial charge in [0, 0.05) is 17.6 Å². The van der Waals surface area contributed by atoms with Crippen molar-refractivity contribution in [3.05, 3.63) is 64.1 Å². The van der Waals surface area contributed by atoms with Crippen molar-refractivity contribution in [2.45, 2.75) is 32.4 Å². The maximum atomic E-state index is 12.7. The van der Waals surface area contributed by atoms with Crippen LogP contribution in [0.5, 0.6) is 5.75 Å². The Morgan fingerprint density at radius 1 is 1.19 bits per heavy atom. The molecule has 3 rings (SSSR count). The van der Waals surface area contributed by atoms with Crippen LogP contribution in [0.2, 0.25) is 0 Å². The Bertz CT molecular complexity index is 734. The van der Waals surface area contributed by atoms with Crippen molar-refractivity contribution < 1.29 is 9.53 Å². The van der Waals surface area contributed by atoms with Gasteiger partial charge in [-0.15, -0.1) is 0 Å². The van der Waals surface area contributed by atoms with Crippen molar-refractivity contribution in [2.24, 2.45) is 5.92 Å². The van der Waals surface area contributed by atoms with Crippen LogP contribution in [0.15, 0.2) is 53.0 Å². The Hall–Kier alpha value is -1.89.